The summed E-state index contributed by atoms with van der Waals surface area (Å²) in [7, 11) is -0.408. The van der Waals surface area contributed by atoms with Gasteiger partial charge in [0.2, 0.25) is 10.0 Å². The maximum absolute atomic E-state index is 13.1. The van der Waals surface area contributed by atoms with Gasteiger partial charge in [0.05, 0.1) is 25.2 Å². The van der Waals surface area contributed by atoms with Crippen LogP contribution in [0.25, 0.3) is 0 Å². The number of nitrogens with zero attached hydrogens (tertiary/aromatic N) is 1. The van der Waals surface area contributed by atoms with Gasteiger partial charge in [-0.05, 0) is 37.1 Å². The van der Waals surface area contributed by atoms with E-state index >= 15 is 0 Å². The van der Waals surface area contributed by atoms with Crippen LogP contribution in [0.4, 0.5) is 0 Å². The Bertz CT molecular complexity index is 869. The summed E-state index contributed by atoms with van der Waals surface area (Å²) in [6, 6.07) is 12.1. The Hall–Kier alpha value is -1.57. The summed E-state index contributed by atoms with van der Waals surface area (Å²) in [5.74, 6) is 1.32. The number of hydrogen-bond donors (Lipinski definition) is 0. The summed E-state index contributed by atoms with van der Waals surface area (Å²) in [5.41, 5.74) is 0.861. The van der Waals surface area contributed by atoms with E-state index in [1.54, 1.807) is 42.8 Å². The van der Waals surface area contributed by atoms with E-state index in [4.69, 9.17) is 9.47 Å². The van der Waals surface area contributed by atoms with Gasteiger partial charge in [-0.15, -0.1) is 0 Å². The minimum atomic E-state index is -3.58. The van der Waals surface area contributed by atoms with Crippen molar-refractivity contribution in [1.29, 1.82) is 0 Å². The van der Waals surface area contributed by atoms with Gasteiger partial charge in [0, 0.05) is 22.6 Å². The summed E-state index contributed by atoms with van der Waals surface area (Å²) in [5, 5.41) is 0. The van der Waals surface area contributed by atoms with E-state index in [0.717, 1.165) is 22.9 Å². The second kappa shape index (κ2) is 7.35. The van der Waals surface area contributed by atoms with Gasteiger partial charge in [-0.25, -0.2) is 8.42 Å². The molecule has 0 amide bonds. The predicted molar refractivity (Wildman–Crippen MR) is 99.6 cm³/mol. The fourth-order valence-corrected chi connectivity index (χ4v) is 5.47. The standard InChI is InChI=1S/C18H20BrNO4S/c1-23-14-8-9-16(18(12-14)24-2)17-7-4-10-20(17)25(21,22)15-6-3-5-13(19)11-15/h3,5-6,8-9,11-12,17H,4,7,10H2,1-2H3/t17-/m1/s1. The highest BCUT2D eigenvalue weighted by molar-refractivity contribution is 9.10. The normalized spacial score (nSPS) is 18.3. The molecule has 0 saturated carbocycles. The number of sulfonamides is 1. The Morgan fingerprint density at radius 2 is 1.92 bits per heavy atom. The van der Waals surface area contributed by atoms with Crippen molar-refractivity contribution in [2.24, 2.45) is 0 Å². The van der Waals surface area contributed by atoms with Crippen LogP contribution in [0, 0.1) is 0 Å². The van der Waals surface area contributed by atoms with Crippen LogP contribution < -0.4 is 9.47 Å². The van der Waals surface area contributed by atoms with Crippen molar-refractivity contribution < 1.29 is 17.9 Å². The lowest BCUT2D eigenvalue weighted by Crippen LogP contribution is -2.30. The summed E-state index contributed by atoms with van der Waals surface area (Å²) in [4.78, 5) is 0.293. The van der Waals surface area contributed by atoms with E-state index in [0.29, 0.717) is 22.9 Å². The molecule has 1 fully saturated rings. The third-order valence-electron chi connectivity index (χ3n) is 4.41. The molecule has 1 aliphatic heterocycles. The lowest BCUT2D eigenvalue weighted by Gasteiger charge is -2.26. The third-order valence-corrected chi connectivity index (χ3v) is 6.80. The largest absolute Gasteiger partial charge is 0.497 e. The van der Waals surface area contributed by atoms with Crippen molar-refractivity contribution in [3.8, 4) is 11.5 Å². The van der Waals surface area contributed by atoms with Gasteiger partial charge >= 0.3 is 0 Å². The van der Waals surface area contributed by atoms with Crippen molar-refractivity contribution in [3.63, 3.8) is 0 Å². The molecule has 0 N–H and O–H groups in total. The molecule has 1 saturated heterocycles. The van der Waals surface area contributed by atoms with Gasteiger partial charge in [-0.3, -0.25) is 0 Å². The van der Waals surface area contributed by atoms with Crippen LogP contribution in [-0.2, 0) is 10.0 Å². The zero-order valence-corrected chi connectivity index (χ0v) is 16.5. The van der Waals surface area contributed by atoms with Crippen molar-refractivity contribution in [1.82, 2.24) is 4.31 Å². The molecule has 1 atom stereocenters. The Labute approximate surface area is 156 Å². The molecule has 0 aromatic heterocycles. The summed E-state index contributed by atoms with van der Waals surface area (Å²) >= 11 is 3.35. The van der Waals surface area contributed by atoms with E-state index in [2.05, 4.69) is 15.9 Å². The highest BCUT2D eigenvalue weighted by Gasteiger charge is 2.37. The van der Waals surface area contributed by atoms with E-state index < -0.39 is 10.0 Å². The van der Waals surface area contributed by atoms with Gasteiger partial charge in [0.25, 0.3) is 0 Å². The molecule has 0 radical (unpaired) electrons. The molecule has 7 heteroatoms. The second-order valence-electron chi connectivity index (χ2n) is 5.84. The first-order chi connectivity index (χ1) is 12.0. The Morgan fingerprint density at radius 1 is 1.12 bits per heavy atom. The van der Waals surface area contributed by atoms with E-state index in [1.165, 1.54) is 0 Å². The molecule has 0 bridgehead atoms. The van der Waals surface area contributed by atoms with E-state index in [-0.39, 0.29) is 6.04 Å². The smallest absolute Gasteiger partial charge is 0.243 e. The second-order valence-corrected chi connectivity index (χ2v) is 8.65. The summed E-state index contributed by atoms with van der Waals surface area (Å²) in [6.45, 7) is 0.495. The fourth-order valence-electron chi connectivity index (χ4n) is 3.20. The van der Waals surface area contributed by atoms with Crippen LogP contribution in [0.2, 0.25) is 0 Å². The molecule has 0 unspecified atom stereocenters. The van der Waals surface area contributed by atoms with Crippen molar-refractivity contribution >= 4 is 26.0 Å². The number of halogens is 1. The Balaban J connectivity index is 2.01. The molecule has 1 aliphatic rings. The monoisotopic (exact) mass is 425 g/mol. The minimum absolute atomic E-state index is 0.246. The SMILES string of the molecule is COc1ccc([C@H]2CCCN2S(=O)(=O)c2cccc(Br)c2)c(OC)c1. The maximum atomic E-state index is 13.1. The van der Waals surface area contributed by atoms with Gasteiger partial charge in [0.1, 0.15) is 11.5 Å². The highest BCUT2D eigenvalue weighted by atomic mass is 79.9. The average molecular weight is 426 g/mol. The average Bonchev–Trinajstić information content (AvgIpc) is 3.11. The number of methoxy groups -OCH3 is 2. The molecule has 2 aromatic rings. The molecule has 1 heterocycles. The maximum Gasteiger partial charge on any atom is 0.243 e. The molecular formula is C18H20BrNO4S. The van der Waals surface area contributed by atoms with Crippen molar-refractivity contribution in [3.05, 3.63) is 52.5 Å². The predicted octanol–water partition coefficient (Wildman–Crippen LogP) is 3.99. The van der Waals surface area contributed by atoms with Crippen LogP contribution in [-0.4, -0.2) is 33.5 Å². The summed E-state index contributed by atoms with van der Waals surface area (Å²) in [6.07, 6.45) is 1.57. The number of ether oxygens (including phenoxy) is 2. The first-order valence-electron chi connectivity index (χ1n) is 7.96. The van der Waals surface area contributed by atoms with Crippen LogP contribution in [0.15, 0.2) is 51.8 Å². The van der Waals surface area contributed by atoms with Crippen LogP contribution in [0.1, 0.15) is 24.4 Å². The first-order valence-corrected chi connectivity index (χ1v) is 10.2. The minimum Gasteiger partial charge on any atom is -0.497 e. The third kappa shape index (κ3) is 3.54. The van der Waals surface area contributed by atoms with Crippen LogP contribution in [0.3, 0.4) is 0 Å². The molecule has 0 aliphatic carbocycles. The molecular weight excluding hydrogens is 406 g/mol. The molecule has 2 aromatic carbocycles. The Kier molecular flexibility index (Phi) is 5.36. The first kappa shape index (κ1) is 18.2. The zero-order valence-electron chi connectivity index (χ0n) is 14.1. The van der Waals surface area contributed by atoms with Gasteiger partial charge < -0.3 is 9.47 Å². The van der Waals surface area contributed by atoms with Crippen LogP contribution >= 0.6 is 15.9 Å². The lowest BCUT2D eigenvalue weighted by atomic mass is 10.0. The van der Waals surface area contributed by atoms with Gasteiger partial charge in [0.15, 0.2) is 0 Å². The van der Waals surface area contributed by atoms with Crippen molar-refractivity contribution in [2.45, 2.75) is 23.8 Å². The van der Waals surface area contributed by atoms with Crippen LogP contribution in [0.5, 0.6) is 11.5 Å². The topological polar surface area (TPSA) is 55.8 Å². The molecule has 3 rings (SSSR count). The quantitative estimate of drug-likeness (QED) is 0.726. The van der Waals surface area contributed by atoms with Crippen molar-refractivity contribution in [2.75, 3.05) is 20.8 Å². The zero-order chi connectivity index (χ0) is 18.0. The van der Waals surface area contributed by atoms with E-state index in [1.807, 2.05) is 18.2 Å². The highest BCUT2D eigenvalue weighted by Crippen LogP contribution is 2.41. The Morgan fingerprint density at radius 3 is 2.60 bits per heavy atom. The fraction of sp³-hybridized carbons (Fsp3) is 0.333. The number of benzene rings is 2. The molecule has 134 valence electrons. The molecule has 0 spiro atoms. The number of rotatable bonds is 5. The van der Waals surface area contributed by atoms with Gasteiger partial charge in [-0.1, -0.05) is 28.1 Å². The number of hydrogen-bond acceptors (Lipinski definition) is 4. The summed E-state index contributed by atoms with van der Waals surface area (Å²) < 4.78 is 39.3. The van der Waals surface area contributed by atoms with Gasteiger partial charge in [-0.2, -0.15) is 4.31 Å². The molecule has 5 nitrogen and oxygen atoms in total. The van der Waals surface area contributed by atoms with E-state index in [9.17, 15) is 8.42 Å². The molecule has 25 heavy (non-hydrogen) atoms. The lowest BCUT2D eigenvalue weighted by molar-refractivity contribution is 0.361.